The molecule has 0 saturated heterocycles. The molecular weight excluding hydrogens is 367 g/mol. The predicted octanol–water partition coefficient (Wildman–Crippen LogP) is -0.0532. The van der Waals surface area contributed by atoms with E-state index in [1.165, 1.54) is 23.5 Å². The van der Waals surface area contributed by atoms with Crippen LogP contribution >= 0.6 is 0 Å². The van der Waals surface area contributed by atoms with Gasteiger partial charge in [0.15, 0.2) is 6.61 Å². The SMILES string of the molecule is O=C(COC(=O)CN=C1NS(=O)(=O)c2ccccc21)NCC(F)(F)F. The lowest BCUT2D eigenvalue weighted by molar-refractivity contribution is -0.150. The van der Waals surface area contributed by atoms with Crippen molar-refractivity contribution in [2.24, 2.45) is 4.99 Å². The van der Waals surface area contributed by atoms with Gasteiger partial charge < -0.3 is 10.1 Å². The van der Waals surface area contributed by atoms with E-state index in [2.05, 4.69) is 14.5 Å². The number of amides is 1. The third-order valence-electron chi connectivity index (χ3n) is 2.88. The number of ether oxygens (including phenoxy) is 1. The monoisotopic (exact) mass is 379 g/mol. The second-order valence-corrected chi connectivity index (χ2v) is 6.47. The molecule has 2 rings (SSSR count). The Morgan fingerprint density at radius 2 is 1.92 bits per heavy atom. The van der Waals surface area contributed by atoms with Crippen LogP contribution in [0.5, 0.6) is 0 Å². The normalized spacial score (nSPS) is 16.8. The van der Waals surface area contributed by atoms with Gasteiger partial charge in [-0.05, 0) is 12.1 Å². The first-order valence-electron chi connectivity index (χ1n) is 6.74. The highest BCUT2D eigenvalue weighted by Crippen LogP contribution is 2.22. The summed E-state index contributed by atoms with van der Waals surface area (Å²) in [6.07, 6.45) is -4.57. The number of halogens is 3. The number of alkyl halides is 3. The zero-order chi connectivity index (χ0) is 18.7. The molecule has 8 nitrogen and oxygen atoms in total. The molecule has 12 heteroatoms. The molecule has 0 atom stereocenters. The number of carbonyl (C=O) groups excluding carboxylic acids is 2. The molecule has 1 aromatic rings. The molecule has 2 N–H and O–H groups in total. The van der Waals surface area contributed by atoms with E-state index in [9.17, 15) is 31.2 Å². The number of fused-ring (bicyclic) bond motifs is 1. The maximum atomic E-state index is 11.9. The second-order valence-electron chi connectivity index (χ2n) is 4.82. The molecule has 25 heavy (non-hydrogen) atoms. The quantitative estimate of drug-likeness (QED) is 0.696. The van der Waals surface area contributed by atoms with Crippen LogP contribution in [0.25, 0.3) is 0 Å². The predicted molar refractivity (Wildman–Crippen MR) is 78.2 cm³/mol. The Labute approximate surface area is 140 Å². The van der Waals surface area contributed by atoms with E-state index in [4.69, 9.17) is 0 Å². The highest BCUT2D eigenvalue weighted by molar-refractivity contribution is 7.90. The number of nitrogens with one attached hydrogen (secondary N) is 2. The minimum Gasteiger partial charge on any atom is -0.454 e. The molecule has 136 valence electrons. The van der Waals surface area contributed by atoms with Gasteiger partial charge in [-0.1, -0.05) is 12.1 Å². The first kappa shape index (κ1) is 18.7. The lowest BCUT2D eigenvalue weighted by Crippen LogP contribution is -2.36. The number of esters is 1. The molecule has 1 heterocycles. The summed E-state index contributed by atoms with van der Waals surface area (Å²) in [6.45, 7) is -3.05. The average Bonchev–Trinajstić information content (AvgIpc) is 2.79. The van der Waals surface area contributed by atoms with Crippen LogP contribution in [-0.2, 0) is 24.3 Å². The molecule has 1 amide bonds. The van der Waals surface area contributed by atoms with Crippen molar-refractivity contribution < 1.29 is 35.9 Å². The maximum absolute atomic E-state index is 11.9. The Balaban J connectivity index is 1.88. The van der Waals surface area contributed by atoms with Crippen molar-refractivity contribution >= 4 is 27.7 Å². The van der Waals surface area contributed by atoms with Gasteiger partial charge in [-0.25, -0.2) is 8.42 Å². The highest BCUT2D eigenvalue weighted by Gasteiger charge is 2.30. The fourth-order valence-electron chi connectivity index (χ4n) is 1.84. The number of benzene rings is 1. The number of carbonyl (C=O) groups is 2. The van der Waals surface area contributed by atoms with Crippen molar-refractivity contribution in [3.8, 4) is 0 Å². The van der Waals surface area contributed by atoms with Crippen LogP contribution in [0.2, 0.25) is 0 Å². The molecule has 1 aliphatic heterocycles. The summed E-state index contributed by atoms with van der Waals surface area (Å²) < 4.78 is 66.0. The number of nitrogens with zero attached hydrogens (tertiary/aromatic N) is 1. The van der Waals surface area contributed by atoms with Gasteiger partial charge in [-0.3, -0.25) is 19.3 Å². The van der Waals surface area contributed by atoms with Gasteiger partial charge in [-0.15, -0.1) is 0 Å². The second kappa shape index (κ2) is 7.09. The first-order chi connectivity index (χ1) is 11.6. The summed E-state index contributed by atoms with van der Waals surface area (Å²) >= 11 is 0. The Morgan fingerprint density at radius 1 is 1.24 bits per heavy atom. The van der Waals surface area contributed by atoms with E-state index in [-0.39, 0.29) is 16.3 Å². The molecule has 0 aromatic heterocycles. The summed E-state index contributed by atoms with van der Waals surface area (Å²) in [5, 5.41) is 1.53. The van der Waals surface area contributed by atoms with Crippen LogP contribution in [0.4, 0.5) is 13.2 Å². The number of rotatable bonds is 5. The summed E-state index contributed by atoms with van der Waals surface area (Å²) in [5.41, 5.74) is 0.276. The average molecular weight is 379 g/mol. The number of hydrogen-bond acceptors (Lipinski definition) is 6. The molecule has 0 bridgehead atoms. The Hall–Kier alpha value is -2.63. The zero-order valence-corrected chi connectivity index (χ0v) is 13.3. The van der Waals surface area contributed by atoms with Crippen molar-refractivity contribution in [3.63, 3.8) is 0 Å². The van der Waals surface area contributed by atoms with Crippen LogP contribution < -0.4 is 10.0 Å². The Morgan fingerprint density at radius 3 is 2.60 bits per heavy atom. The van der Waals surface area contributed by atoms with E-state index in [0.717, 1.165) is 0 Å². The van der Waals surface area contributed by atoms with E-state index in [0.29, 0.717) is 0 Å². The standard InChI is InChI=1S/C13H12F3N3O5S/c14-13(15,16)7-18-10(20)6-24-11(21)5-17-12-8-3-1-2-4-9(8)25(22,23)19-12/h1-4H,5-7H2,(H,17,19)(H,18,20). The smallest absolute Gasteiger partial charge is 0.405 e. The summed E-state index contributed by atoms with van der Waals surface area (Å²) in [6, 6.07) is 5.96. The third kappa shape index (κ3) is 5.17. The number of aliphatic imine (C=N–C) groups is 1. The van der Waals surface area contributed by atoms with Gasteiger partial charge in [0.1, 0.15) is 18.9 Å². The molecule has 1 aliphatic rings. The largest absolute Gasteiger partial charge is 0.454 e. The molecule has 0 spiro atoms. The van der Waals surface area contributed by atoms with Crippen molar-refractivity contribution in [3.05, 3.63) is 29.8 Å². The van der Waals surface area contributed by atoms with Crippen LogP contribution in [0.1, 0.15) is 5.56 Å². The van der Waals surface area contributed by atoms with Gasteiger partial charge in [0.2, 0.25) is 0 Å². The number of hydrogen-bond donors (Lipinski definition) is 2. The highest BCUT2D eigenvalue weighted by atomic mass is 32.2. The fourth-order valence-corrected chi connectivity index (χ4v) is 3.09. The lowest BCUT2D eigenvalue weighted by atomic mass is 10.2. The van der Waals surface area contributed by atoms with Gasteiger partial charge in [-0.2, -0.15) is 13.2 Å². The van der Waals surface area contributed by atoms with Gasteiger partial charge >= 0.3 is 12.1 Å². The molecular formula is C13H12F3N3O5S. The van der Waals surface area contributed by atoms with Crippen molar-refractivity contribution in [1.82, 2.24) is 10.0 Å². The molecule has 0 fully saturated rings. The van der Waals surface area contributed by atoms with Crippen LogP contribution in [0.3, 0.4) is 0 Å². The maximum Gasteiger partial charge on any atom is 0.405 e. The lowest BCUT2D eigenvalue weighted by Gasteiger charge is -2.08. The number of sulfonamides is 1. The Bertz CT molecular complexity index is 820. The van der Waals surface area contributed by atoms with Gasteiger partial charge in [0.25, 0.3) is 15.9 Å². The van der Waals surface area contributed by atoms with Gasteiger partial charge in [0, 0.05) is 5.56 Å². The van der Waals surface area contributed by atoms with E-state index >= 15 is 0 Å². The van der Waals surface area contributed by atoms with Crippen molar-refractivity contribution in [1.29, 1.82) is 0 Å². The number of amidine groups is 1. The van der Waals surface area contributed by atoms with E-state index in [1.807, 2.05) is 0 Å². The minimum atomic E-state index is -4.57. The fraction of sp³-hybridized carbons (Fsp3) is 0.308. The van der Waals surface area contributed by atoms with Crippen molar-refractivity contribution in [2.75, 3.05) is 19.7 Å². The molecule has 0 saturated carbocycles. The van der Waals surface area contributed by atoms with E-state index < -0.39 is 47.8 Å². The van der Waals surface area contributed by atoms with E-state index in [1.54, 1.807) is 6.07 Å². The minimum absolute atomic E-state index is 0.00801. The summed E-state index contributed by atoms with van der Waals surface area (Å²) in [7, 11) is -3.75. The molecule has 0 radical (unpaired) electrons. The van der Waals surface area contributed by atoms with Crippen LogP contribution in [-0.4, -0.2) is 52.0 Å². The summed E-state index contributed by atoms with van der Waals surface area (Å²) in [5.74, 6) is -2.18. The van der Waals surface area contributed by atoms with Crippen LogP contribution in [0, 0.1) is 0 Å². The first-order valence-corrected chi connectivity index (χ1v) is 8.22. The third-order valence-corrected chi connectivity index (χ3v) is 4.28. The van der Waals surface area contributed by atoms with Crippen molar-refractivity contribution in [2.45, 2.75) is 11.1 Å². The molecule has 0 unspecified atom stereocenters. The molecule has 1 aromatic carbocycles. The van der Waals surface area contributed by atoms with Crippen LogP contribution in [0.15, 0.2) is 34.2 Å². The Kier molecular flexibility index (Phi) is 5.30. The van der Waals surface area contributed by atoms with Gasteiger partial charge in [0.05, 0.1) is 4.90 Å². The topological polar surface area (TPSA) is 114 Å². The zero-order valence-electron chi connectivity index (χ0n) is 12.5. The summed E-state index contributed by atoms with van der Waals surface area (Å²) in [4.78, 5) is 26.3. The molecule has 0 aliphatic carbocycles.